The molecule has 0 aromatic carbocycles. The lowest BCUT2D eigenvalue weighted by molar-refractivity contribution is 0.346. The maximum absolute atomic E-state index is 13.2. The minimum atomic E-state index is -3.53. The molecular weight excluding hydrogens is 400 g/mol. The minimum Gasteiger partial charge on any atom is -0.366 e. The van der Waals surface area contributed by atoms with Crippen LogP contribution in [-0.2, 0) is 10.0 Å². The smallest absolute Gasteiger partial charge is 0.246 e. The third kappa shape index (κ3) is 4.57. The second-order valence-corrected chi connectivity index (χ2v) is 10.0. The molecular formula is C21H30N6O2S. The van der Waals surface area contributed by atoms with Crippen LogP contribution in [0.1, 0.15) is 43.6 Å². The summed E-state index contributed by atoms with van der Waals surface area (Å²) in [6.45, 7) is 6.79. The summed E-state index contributed by atoms with van der Waals surface area (Å²) in [4.78, 5) is 15.9. The Kier molecular flexibility index (Phi) is 6.19. The molecule has 2 aromatic rings. The largest absolute Gasteiger partial charge is 0.366 e. The van der Waals surface area contributed by atoms with E-state index in [1.807, 2.05) is 19.9 Å². The lowest BCUT2D eigenvalue weighted by Gasteiger charge is -2.34. The quantitative estimate of drug-likeness (QED) is 0.780. The average Bonchev–Trinajstić information content (AvgIpc) is 2.74. The van der Waals surface area contributed by atoms with Crippen molar-refractivity contribution in [2.45, 2.75) is 56.9 Å². The van der Waals surface area contributed by atoms with Crippen LogP contribution in [0.2, 0.25) is 0 Å². The van der Waals surface area contributed by atoms with Gasteiger partial charge in [-0.05, 0) is 51.7 Å². The van der Waals surface area contributed by atoms with Crippen molar-refractivity contribution in [1.29, 1.82) is 0 Å². The first-order valence-electron chi connectivity index (χ1n) is 10.7. The van der Waals surface area contributed by atoms with Crippen LogP contribution in [-0.4, -0.2) is 59.9 Å². The lowest BCUT2D eigenvalue weighted by Crippen LogP contribution is -2.40. The Balaban J connectivity index is 1.45. The maximum atomic E-state index is 13.2. The molecule has 9 heteroatoms. The molecule has 2 aliphatic rings. The molecule has 2 saturated heterocycles. The zero-order valence-electron chi connectivity index (χ0n) is 17.7. The van der Waals surface area contributed by atoms with Crippen LogP contribution in [0, 0.1) is 13.8 Å². The molecule has 0 radical (unpaired) electrons. The fourth-order valence-electron chi connectivity index (χ4n) is 4.26. The van der Waals surface area contributed by atoms with Gasteiger partial charge in [-0.3, -0.25) is 0 Å². The van der Waals surface area contributed by atoms with Gasteiger partial charge >= 0.3 is 0 Å². The monoisotopic (exact) mass is 430 g/mol. The molecule has 162 valence electrons. The van der Waals surface area contributed by atoms with Crippen LogP contribution in [0.5, 0.6) is 0 Å². The van der Waals surface area contributed by atoms with Crippen molar-refractivity contribution >= 4 is 21.7 Å². The van der Waals surface area contributed by atoms with Crippen LogP contribution in [0.4, 0.5) is 11.6 Å². The molecule has 2 fully saturated rings. The van der Waals surface area contributed by atoms with Gasteiger partial charge in [0.05, 0.1) is 0 Å². The molecule has 0 atom stereocenters. The fraction of sp³-hybridized carbons (Fsp3) is 0.571. The molecule has 4 heterocycles. The molecule has 8 nitrogen and oxygen atoms in total. The number of sulfonamides is 1. The molecule has 0 spiro atoms. The molecule has 0 amide bonds. The van der Waals surface area contributed by atoms with E-state index in [2.05, 4.69) is 25.2 Å². The highest BCUT2D eigenvalue weighted by Gasteiger charge is 2.30. The van der Waals surface area contributed by atoms with Gasteiger partial charge in [0.25, 0.3) is 0 Å². The molecule has 2 aliphatic heterocycles. The number of hydrogen-bond donors (Lipinski definition) is 1. The fourth-order valence-corrected chi connectivity index (χ4v) is 5.88. The number of aryl methyl sites for hydroxylation is 2. The number of nitrogens with one attached hydrogen (secondary N) is 1. The van der Waals surface area contributed by atoms with Crippen molar-refractivity contribution in [1.82, 2.24) is 19.3 Å². The van der Waals surface area contributed by atoms with Gasteiger partial charge in [-0.25, -0.2) is 23.4 Å². The van der Waals surface area contributed by atoms with Crippen LogP contribution in [0.3, 0.4) is 0 Å². The van der Waals surface area contributed by atoms with Gasteiger partial charge in [0.15, 0.2) is 0 Å². The Morgan fingerprint density at radius 2 is 1.77 bits per heavy atom. The Labute approximate surface area is 178 Å². The van der Waals surface area contributed by atoms with E-state index in [0.717, 1.165) is 62.5 Å². The summed E-state index contributed by atoms with van der Waals surface area (Å²) in [6, 6.07) is 5.56. The van der Waals surface area contributed by atoms with Gasteiger partial charge in [-0.1, -0.05) is 6.42 Å². The van der Waals surface area contributed by atoms with E-state index < -0.39 is 10.0 Å². The summed E-state index contributed by atoms with van der Waals surface area (Å²) in [5.74, 6) is 2.21. The molecule has 0 unspecified atom stereocenters. The van der Waals surface area contributed by atoms with Crippen LogP contribution in [0.15, 0.2) is 29.3 Å². The van der Waals surface area contributed by atoms with Gasteiger partial charge in [0.1, 0.15) is 22.4 Å². The van der Waals surface area contributed by atoms with Crippen molar-refractivity contribution in [2.75, 3.05) is 36.4 Å². The zero-order valence-corrected chi connectivity index (χ0v) is 18.5. The highest BCUT2D eigenvalue weighted by molar-refractivity contribution is 7.89. The molecule has 0 bridgehead atoms. The first-order chi connectivity index (χ1) is 14.4. The maximum Gasteiger partial charge on any atom is 0.246 e. The first kappa shape index (κ1) is 21.0. The number of hydrogen-bond acceptors (Lipinski definition) is 7. The van der Waals surface area contributed by atoms with Crippen molar-refractivity contribution in [2.24, 2.45) is 0 Å². The van der Waals surface area contributed by atoms with E-state index in [4.69, 9.17) is 0 Å². The van der Waals surface area contributed by atoms with E-state index in [1.54, 1.807) is 22.6 Å². The topological polar surface area (TPSA) is 91.3 Å². The number of anilines is 2. The van der Waals surface area contributed by atoms with Crippen molar-refractivity contribution in [3.05, 3.63) is 35.9 Å². The van der Waals surface area contributed by atoms with Crippen LogP contribution < -0.4 is 10.2 Å². The Hall–Kier alpha value is -2.26. The summed E-state index contributed by atoms with van der Waals surface area (Å²) < 4.78 is 27.9. The number of pyridine rings is 1. The highest BCUT2D eigenvalue weighted by atomic mass is 32.2. The van der Waals surface area contributed by atoms with E-state index in [9.17, 15) is 8.42 Å². The normalized spacial score (nSPS) is 19.1. The Bertz CT molecular complexity index is 962. The second-order valence-electron chi connectivity index (χ2n) is 8.14. The van der Waals surface area contributed by atoms with Crippen molar-refractivity contribution < 1.29 is 8.42 Å². The number of rotatable bonds is 5. The third-order valence-corrected chi connectivity index (χ3v) is 7.75. The minimum absolute atomic E-state index is 0.176. The van der Waals surface area contributed by atoms with Crippen LogP contribution in [0.25, 0.3) is 0 Å². The van der Waals surface area contributed by atoms with E-state index in [1.165, 1.54) is 0 Å². The van der Waals surface area contributed by atoms with Gasteiger partial charge in [-0.15, -0.1) is 0 Å². The zero-order chi connectivity index (χ0) is 21.1. The predicted molar refractivity (Wildman–Crippen MR) is 117 cm³/mol. The van der Waals surface area contributed by atoms with E-state index >= 15 is 0 Å². The summed E-state index contributed by atoms with van der Waals surface area (Å²) in [6.07, 6.45) is 6.36. The summed E-state index contributed by atoms with van der Waals surface area (Å²) in [7, 11) is -3.53. The van der Waals surface area contributed by atoms with Gasteiger partial charge in [0, 0.05) is 50.2 Å². The standard InChI is InChI=1S/C21H30N6O2S/c1-16-15-20(24-17(2)23-16)26-13-8-18(9-14-26)25-21-19(7-6-10-22-21)30(28,29)27-11-4-3-5-12-27/h6-7,10,15,18H,3-5,8-9,11-14H2,1-2H3,(H,22,25). The molecule has 0 saturated carbocycles. The summed E-state index contributed by atoms with van der Waals surface area (Å²) in [5, 5.41) is 3.41. The molecule has 0 aliphatic carbocycles. The molecule has 30 heavy (non-hydrogen) atoms. The SMILES string of the molecule is Cc1cc(N2CCC(Nc3ncccc3S(=O)(=O)N3CCCCC3)CC2)nc(C)n1. The van der Waals surface area contributed by atoms with E-state index in [-0.39, 0.29) is 10.9 Å². The average molecular weight is 431 g/mol. The summed E-state index contributed by atoms with van der Waals surface area (Å²) >= 11 is 0. The Morgan fingerprint density at radius 1 is 1.03 bits per heavy atom. The summed E-state index contributed by atoms with van der Waals surface area (Å²) in [5.41, 5.74) is 0.971. The molecule has 1 N–H and O–H groups in total. The number of piperidine rings is 2. The lowest BCUT2D eigenvalue weighted by atomic mass is 10.0. The Morgan fingerprint density at radius 3 is 2.47 bits per heavy atom. The molecule has 2 aromatic heterocycles. The number of aromatic nitrogens is 3. The van der Waals surface area contributed by atoms with Gasteiger partial charge in [-0.2, -0.15) is 4.31 Å². The van der Waals surface area contributed by atoms with Crippen LogP contribution >= 0.6 is 0 Å². The second kappa shape index (κ2) is 8.85. The third-order valence-electron chi connectivity index (χ3n) is 5.82. The first-order valence-corrected chi connectivity index (χ1v) is 12.2. The van der Waals surface area contributed by atoms with Crippen molar-refractivity contribution in [3.8, 4) is 0 Å². The number of nitrogens with zero attached hydrogens (tertiary/aromatic N) is 5. The highest BCUT2D eigenvalue weighted by Crippen LogP contribution is 2.27. The van der Waals surface area contributed by atoms with E-state index in [0.29, 0.717) is 18.9 Å². The van der Waals surface area contributed by atoms with Gasteiger partial charge in [0.2, 0.25) is 10.0 Å². The van der Waals surface area contributed by atoms with Gasteiger partial charge < -0.3 is 10.2 Å². The predicted octanol–water partition coefficient (Wildman–Crippen LogP) is 2.74. The molecule has 4 rings (SSSR count). The van der Waals surface area contributed by atoms with Crippen molar-refractivity contribution in [3.63, 3.8) is 0 Å².